The molecule has 1 aliphatic heterocycles. The Morgan fingerprint density at radius 3 is 2.92 bits per heavy atom. The lowest BCUT2D eigenvalue weighted by Gasteiger charge is -2.18. The molecule has 3 rings (SSSR count). The number of anilines is 1. The number of aryl methyl sites for hydroxylation is 1. The quantitative estimate of drug-likeness (QED) is 0.788. The number of carbonyl (C=O) groups is 1. The molecule has 2 N–H and O–H groups in total. The van der Waals surface area contributed by atoms with Crippen LogP contribution in [0.25, 0.3) is 6.08 Å². The van der Waals surface area contributed by atoms with E-state index in [1.807, 2.05) is 0 Å². The molecule has 1 aromatic carbocycles. The molecule has 2 heterocycles. The Morgan fingerprint density at radius 2 is 2.20 bits per heavy atom. The molecular formula is C19H22N4O2. The summed E-state index contributed by atoms with van der Waals surface area (Å²) in [6.07, 6.45) is 6.76. The van der Waals surface area contributed by atoms with Crippen LogP contribution in [-0.4, -0.2) is 45.1 Å². The molecule has 1 atom stereocenters. The third-order valence-electron chi connectivity index (χ3n) is 4.35. The number of carboxylic acid groups (broad SMARTS) is 1. The fourth-order valence-electron chi connectivity index (χ4n) is 2.99. The molecule has 0 radical (unpaired) electrons. The smallest absolute Gasteiger partial charge is 0.328 e. The maximum absolute atomic E-state index is 10.5. The summed E-state index contributed by atoms with van der Waals surface area (Å²) in [5, 5.41) is 12.0. The zero-order chi connectivity index (χ0) is 17.6. The first-order chi connectivity index (χ1) is 12.1. The number of likely N-dealkylation sites (tertiary alicyclic amines) is 1. The molecule has 130 valence electrons. The highest BCUT2D eigenvalue weighted by atomic mass is 16.4. The summed E-state index contributed by atoms with van der Waals surface area (Å²) in [6, 6.07) is 8.84. The number of hydrogen-bond acceptors (Lipinski definition) is 5. The Morgan fingerprint density at radius 1 is 1.36 bits per heavy atom. The molecule has 25 heavy (non-hydrogen) atoms. The van der Waals surface area contributed by atoms with E-state index in [2.05, 4.69) is 51.4 Å². The summed E-state index contributed by atoms with van der Waals surface area (Å²) < 4.78 is 0. The predicted octanol–water partition coefficient (Wildman–Crippen LogP) is 2.57. The van der Waals surface area contributed by atoms with Crippen LogP contribution in [0.4, 0.5) is 5.82 Å². The lowest BCUT2D eigenvalue weighted by atomic mass is 10.1. The highest BCUT2D eigenvalue weighted by Gasteiger charge is 2.22. The molecular weight excluding hydrogens is 316 g/mol. The Balaban J connectivity index is 1.53. The highest BCUT2D eigenvalue weighted by molar-refractivity contribution is 5.84. The van der Waals surface area contributed by atoms with Gasteiger partial charge in [-0.1, -0.05) is 24.3 Å². The van der Waals surface area contributed by atoms with E-state index in [0.29, 0.717) is 11.7 Å². The van der Waals surface area contributed by atoms with Crippen molar-refractivity contribution in [1.82, 2.24) is 14.9 Å². The van der Waals surface area contributed by atoms with E-state index in [4.69, 9.17) is 5.11 Å². The maximum atomic E-state index is 10.5. The van der Waals surface area contributed by atoms with Crippen molar-refractivity contribution >= 4 is 17.9 Å². The zero-order valence-electron chi connectivity index (χ0n) is 14.2. The van der Waals surface area contributed by atoms with Crippen LogP contribution in [0.3, 0.4) is 0 Å². The minimum atomic E-state index is -0.997. The topological polar surface area (TPSA) is 78.4 Å². The number of carboxylic acids is 1. The molecule has 2 aromatic rings. The van der Waals surface area contributed by atoms with E-state index >= 15 is 0 Å². The van der Waals surface area contributed by atoms with Gasteiger partial charge in [0.15, 0.2) is 0 Å². The van der Waals surface area contributed by atoms with Crippen molar-refractivity contribution in [3.8, 4) is 0 Å². The van der Waals surface area contributed by atoms with Crippen LogP contribution in [0.1, 0.15) is 23.2 Å². The maximum Gasteiger partial charge on any atom is 0.328 e. The Bertz CT molecular complexity index is 758. The first kappa shape index (κ1) is 17.1. The van der Waals surface area contributed by atoms with Gasteiger partial charge < -0.3 is 10.4 Å². The number of nitrogens with one attached hydrogen (secondary N) is 1. The van der Waals surface area contributed by atoms with E-state index in [1.165, 1.54) is 17.2 Å². The largest absolute Gasteiger partial charge is 0.478 e. The second-order valence-electron chi connectivity index (χ2n) is 6.29. The second-order valence-corrected chi connectivity index (χ2v) is 6.29. The van der Waals surface area contributed by atoms with Gasteiger partial charge >= 0.3 is 5.97 Å². The number of rotatable bonds is 6. The predicted molar refractivity (Wildman–Crippen MR) is 97.2 cm³/mol. The summed E-state index contributed by atoms with van der Waals surface area (Å²) in [5.74, 6) is -0.279. The second kappa shape index (κ2) is 7.90. The molecule has 0 spiro atoms. The van der Waals surface area contributed by atoms with E-state index in [0.717, 1.165) is 37.9 Å². The van der Waals surface area contributed by atoms with Crippen LogP contribution in [-0.2, 0) is 11.3 Å². The third-order valence-corrected chi connectivity index (χ3v) is 4.35. The van der Waals surface area contributed by atoms with Crippen molar-refractivity contribution in [1.29, 1.82) is 0 Å². The summed E-state index contributed by atoms with van der Waals surface area (Å²) in [6.45, 7) is 5.14. The summed E-state index contributed by atoms with van der Waals surface area (Å²) in [7, 11) is 0. The number of hydrogen-bond donors (Lipinski definition) is 2. The average Bonchev–Trinajstić information content (AvgIpc) is 3.03. The van der Waals surface area contributed by atoms with Gasteiger partial charge in [0.1, 0.15) is 5.82 Å². The van der Waals surface area contributed by atoms with Crippen LogP contribution in [0, 0.1) is 6.92 Å². The number of nitrogens with zero attached hydrogens (tertiary/aromatic N) is 3. The van der Waals surface area contributed by atoms with Crippen LogP contribution in [0.2, 0.25) is 0 Å². The minimum Gasteiger partial charge on any atom is -0.478 e. The van der Waals surface area contributed by atoms with Crippen molar-refractivity contribution < 1.29 is 9.90 Å². The number of benzene rings is 1. The van der Waals surface area contributed by atoms with Crippen LogP contribution in [0.5, 0.6) is 0 Å². The fourth-order valence-corrected chi connectivity index (χ4v) is 2.99. The van der Waals surface area contributed by atoms with Crippen molar-refractivity contribution in [2.45, 2.75) is 25.9 Å². The average molecular weight is 338 g/mol. The van der Waals surface area contributed by atoms with E-state index in [1.54, 1.807) is 12.4 Å². The number of aliphatic carboxylic acids is 1. The Labute approximate surface area is 147 Å². The van der Waals surface area contributed by atoms with Gasteiger partial charge in [-0.3, -0.25) is 9.88 Å². The standard InChI is InChI=1S/C19H22N4O2/c1-14-4-2-3-5-15(14)12-23-9-8-17(13-23)22-18-11-20-16(10-21-18)6-7-19(24)25/h2-7,10-11,17H,8-9,12-13H2,1H3,(H,21,22)(H,24,25)/t17-/m1/s1. The first-order valence-corrected chi connectivity index (χ1v) is 8.36. The van der Waals surface area contributed by atoms with Gasteiger partial charge in [-0.2, -0.15) is 0 Å². The van der Waals surface area contributed by atoms with Crippen molar-refractivity contribution in [2.24, 2.45) is 0 Å². The van der Waals surface area contributed by atoms with Crippen molar-refractivity contribution in [3.63, 3.8) is 0 Å². The molecule has 0 amide bonds. The lowest BCUT2D eigenvalue weighted by Crippen LogP contribution is -2.26. The molecule has 1 aliphatic rings. The summed E-state index contributed by atoms with van der Waals surface area (Å²) in [5.41, 5.74) is 3.23. The monoisotopic (exact) mass is 338 g/mol. The summed E-state index contributed by atoms with van der Waals surface area (Å²) >= 11 is 0. The van der Waals surface area contributed by atoms with E-state index in [-0.39, 0.29) is 0 Å². The normalized spacial score (nSPS) is 17.9. The van der Waals surface area contributed by atoms with Crippen molar-refractivity contribution in [3.05, 3.63) is 59.6 Å². The Hall–Kier alpha value is -2.73. The molecule has 0 aliphatic carbocycles. The van der Waals surface area contributed by atoms with Gasteiger partial charge in [-0.05, 0) is 30.5 Å². The third kappa shape index (κ3) is 4.87. The highest BCUT2D eigenvalue weighted by Crippen LogP contribution is 2.18. The summed E-state index contributed by atoms with van der Waals surface area (Å²) in [4.78, 5) is 21.5. The van der Waals surface area contributed by atoms with Gasteiger partial charge in [-0.25, -0.2) is 9.78 Å². The molecule has 6 nitrogen and oxygen atoms in total. The molecule has 0 unspecified atom stereocenters. The molecule has 1 fully saturated rings. The van der Waals surface area contributed by atoms with Gasteiger partial charge in [0.2, 0.25) is 0 Å². The van der Waals surface area contributed by atoms with Gasteiger partial charge in [0.05, 0.1) is 18.1 Å². The Kier molecular flexibility index (Phi) is 5.40. The van der Waals surface area contributed by atoms with E-state index in [9.17, 15) is 4.79 Å². The van der Waals surface area contributed by atoms with Crippen LogP contribution >= 0.6 is 0 Å². The van der Waals surface area contributed by atoms with Gasteiger partial charge in [0, 0.05) is 31.8 Å². The van der Waals surface area contributed by atoms with E-state index < -0.39 is 5.97 Å². The van der Waals surface area contributed by atoms with Crippen molar-refractivity contribution in [2.75, 3.05) is 18.4 Å². The van der Waals surface area contributed by atoms with Gasteiger partial charge in [-0.15, -0.1) is 0 Å². The molecule has 1 saturated heterocycles. The zero-order valence-corrected chi connectivity index (χ0v) is 14.2. The first-order valence-electron chi connectivity index (χ1n) is 8.36. The fraction of sp³-hybridized carbons (Fsp3) is 0.316. The minimum absolute atomic E-state index is 0.346. The number of aromatic nitrogens is 2. The van der Waals surface area contributed by atoms with Crippen LogP contribution < -0.4 is 5.32 Å². The van der Waals surface area contributed by atoms with Gasteiger partial charge in [0.25, 0.3) is 0 Å². The molecule has 6 heteroatoms. The molecule has 1 aromatic heterocycles. The lowest BCUT2D eigenvalue weighted by molar-refractivity contribution is -0.131. The SMILES string of the molecule is Cc1ccccc1CN1CC[C@@H](Nc2cnc(C=CC(=O)O)cn2)C1. The van der Waals surface area contributed by atoms with Crippen LogP contribution in [0.15, 0.2) is 42.7 Å². The molecule has 0 saturated carbocycles. The molecule has 0 bridgehead atoms.